The van der Waals surface area contributed by atoms with Crippen LogP contribution >= 0.6 is 0 Å². The molecule has 118 valence electrons. The first-order valence-electron chi connectivity index (χ1n) is 9.10. The molecule has 2 fully saturated rings. The third kappa shape index (κ3) is 5.04. The van der Waals surface area contributed by atoms with Crippen LogP contribution in [0.3, 0.4) is 0 Å². The molecule has 0 aromatic rings. The summed E-state index contributed by atoms with van der Waals surface area (Å²) in [4.78, 5) is 0. The quantitative estimate of drug-likeness (QED) is 0.731. The van der Waals surface area contributed by atoms with Crippen LogP contribution in [0, 0.1) is 17.8 Å². The minimum Gasteiger partial charge on any atom is -0.396 e. The topological polar surface area (TPSA) is 40.5 Å². The van der Waals surface area contributed by atoms with Crippen molar-refractivity contribution in [3.8, 4) is 0 Å². The molecule has 2 N–H and O–H groups in total. The van der Waals surface area contributed by atoms with Crippen LogP contribution < -0.4 is 0 Å². The Morgan fingerprint density at radius 2 is 1.40 bits per heavy atom. The number of hydrogen-bond acceptors (Lipinski definition) is 2. The van der Waals surface area contributed by atoms with E-state index in [0.717, 1.165) is 18.8 Å². The Morgan fingerprint density at radius 3 is 2.00 bits per heavy atom. The van der Waals surface area contributed by atoms with Crippen molar-refractivity contribution in [3.63, 3.8) is 0 Å². The Labute approximate surface area is 125 Å². The van der Waals surface area contributed by atoms with E-state index in [4.69, 9.17) is 0 Å². The Hall–Kier alpha value is -0.0800. The second-order valence-corrected chi connectivity index (χ2v) is 7.22. The Morgan fingerprint density at radius 1 is 0.800 bits per heavy atom. The highest BCUT2D eigenvalue weighted by Crippen LogP contribution is 2.36. The van der Waals surface area contributed by atoms with Gasteiger partial charge in [-0.15, -0.1) is 0 Å². The fourth-order valence-electron chi connectivity index (χ4n) is 4.55. The van der Waals surface area contributed by atoms with Crippen LogP contribution in [0.5, 0.6) is 0 Å². The Kier molecular flexibility index (Phi) is 7.37. The minimum atomic E-state index is -0.174. The van der Waals surface area contributed by atoms with Crippen molar-refractivity contribution in [1.82, 2.24) is 0 Å². The average molecular weight is 282 g/mol. The van der Waals surface area contributed by atoms with Crippen molar-refractivity contribution in [2.75, 3.05) is 6.61 Å². The lowest BCUT2D eigenvalue weighted by Gasteiger charge is -2.34. The standard InChI is InChI=1S/C18H34O2/c19-14-13-17(16-9-5-2-6-10-16)18(20)12-11-15-7-3-1-4-8-15/h15-20H,1-14H2. The highest BCUT2D eigenvalue weighted by Gasteiger charge is 2.29. The largest absolute Gasteiger partial charge is 0.396 e. The fourth-order valence-corrected chi connectivity index (χ4v) is 4.55. The zero-order valence-corrected chi connectivity index (χ0v) is 13.1. The van der Waals surface area contributed by atoms with Gasteiger partial charge in [-0.3, -0.25) is 0 Å². The van der Waals surface area contributed by atoms with Crippen molar-refractivity contribution in [3.05, 3.63) is 0 Å². The molecular weight excluding hydrogens is 248 g/mol. The molecule has 0 heterocycles. The molecule has 20 heavy (non-hydrogen) atoms. The van der Waals surface area contributed by atoms with Gasteiger partial charge in [0.1, 0.15) is 0 Å². The lowest BCUT2D eigenvalue weighted by molar-refractivity contribution is 0.0310. The van der Waals surface area contributed by atoms with Gasteiger partial charge in [0.25, 0.3) is 0 Å². The van der Waals surface area contributed by atoms with Crippen molar-refractivity contribution in [1.29, 1.82) is 0 Å². The van der Waals surface area contributed by atoms with Crippen molar-refractivity contribution in [2.45, 2.75) is 89.6 Å². The van der Waals surface area contributed by atoms with Crippen LogP contribution in [0.15, 0.2) is 0 Å². The fraction of sp³-hybridized carbons (Fsp3) is 1.00. The molecule has 0 bridgehead atoms. The summed E-state index contributed by atoms with van der Waals surface area (Å²) in [7, 11) is 0. The molecule has 2 unspecified atom stereocenters. The molecule has 2 atom stereocenters. The minimum absolute atomic E-state index is 0.174. The number of aliphatic hydroxyl groups excluding tert-OH is 2. The van der Waals surface area contributed by atoms with E-state index in [1.165, 1.54) is 70.6 Å². The maximum atomic E-state index is 10.6. The second-order valence-electron chi connectivity index (χ2n) is 7.22. The van der Waals surface area contributed by atoms with E-state index < -0.39 is 0 Å². The summed E-state index contributed by atoms with van der Waals surface area (Å²) in [5.74, 6) is 1.88. The van der Waals surface area contributed by atoms with Gasteiger partial charge in [-0.1, -0.05) is 64.2 Å². The van der Waals surface area contributed by atoms with E-state index in [1.807, 2.05) is 0 Å². The lowest BCUT2D eigenvalue weighted by Crippen LogP contribution is -2.31. The summed E-state index contributed by atoms with van der Waals surface area (Å²) in [6.07, 6.45) is 16.3. The molecule has 0 aliphatic heterocycles. The van der Waals surface area contributed by atoms with Crippen LogP contribution in [0.1, 0.15) is 83.5 Å². The van der Waals surface area contributed by atoms with Gasteiger partial charge < -0.3 is 10.2 Å². The van der Waals surface area contributed by atoms with Crippen molar-refractivity contribution >= 4 is 0 Å². The van der Waals surface area contributed by atoms with E-state index in [1.54, 1.807) is 0 Å². The molecule has 2 aliphatic rings. The van der Waals surface area contributed by atoms with Gasteiger partial charge in [0, 0.05) is 6.61 Å². The summed E-state index contributed by atoms with van der Waals surface area (Å²) in [6.45, 7) is 0.238. The molecule has 0 amide bonds. The van der Waals surface area contributed by atoms with E-state index in [-0.39, 0.29) is 12.7 Å². The highest BCUT2D eigenvalue weighted by atomic mass is 16.3. The van der Waals surface area contributed by atoms with E-state index >= 15 is 0 Å². The Bertz CT molecular complexity index is 242. The summed E-state index contributed by atoms with van der Waals surface area (Å²) in [6, 6.07) is 0. The highest BCUT2D eigenvalue weighted by molar-refractivity contribution is 4.80. The molecule has 2 saturated carbocycles. The van der Waals surface area contributed by atoms with Gasteiger partial charge >= 0.3 is 0 Å². The first-order chi connectivity index (χ1) is 9.81. The van der Waals surface area contributed by atoms with Gasteiger partial charge in [0.2, 0.25) is 0 Å². The zero-order valence-electron chi connectivity index (χ0n) is 13.1. The van der Waals surface area contributed by atoms with E-state index in [0.29, 0.717) is 11.8 Å². The molecule has 2 heteroatoms. The molecule has 0 radical (unpaired) electrons. The second kappa shape index (κ2) is 9.04. The normalized spacial score (nSPS) is 25.5. The summed E-state index contributed by atoms with van der Waals surface area (Å²) < 4.78 is 0. The molecule has 0 saturated heterocycles. The first kappa shape index (κ1) is 16.3. The lowest BCUT2D eigenvalue weighted by atomic mass is 9.74. The van der Waals surface area contributed by atoms with E-state index in [2.05, 4.69) is 0 Å². The van der Waals surface area contributed by atoms with Gasteiger partial charge in [0.05, 0.1) is 6.10 Å². The van der Waals surface area contributed by atoms with Crippen molar-refractivity contribution < 1.29 is 10.2 Å². The predicted molar refractivity (Wildman–Crippen MR) is 83.6 cm³/mol. The van der Waals surface area contributed by atoms with Crippen molar-refractivity contribution in [2.24, 2.45) is 17.8 Å². The van der Waals surface area contributed by atoms with Gasteiger partial charge in [-0.05, 0) is 37.0 Å². The summed E-state index contributed by atoms with van der Waals surface area (Å²) in [5.41, 5.74) is 0. The molecule has 2 rings (SSSR count). The van der Waals surface area contributed by atoms with Crippen LogP contribution in [0.2, 0.25) is 0 Å². The molecule has 0 aromatic carbocycles. The molecule has 2 aliphatic carbocycles. The average Bonchev–Trinajstić information content (AvgIpc) is 2.52. The first-order valence-corrected chi connectivity index (χ1v) is 9.10. The SMILES string of the molecule is OCCC(C(O)CCC1CCCCC1)C1CCCCC1. The molecule has 0 aromatic heterocycles. The van der Waals surface area contributed by atoms with Gasteiger partial charge in [-0.25, -0.2) is 0 Å². The number of rotatable bonds is 7. The summed E-state index contributed by atoms with van der Waals surface area (Å²) >= 11 is 0. The van der Waals surface area contributed by atoms with E-state index in [9.17, 15) is 10.2 Å². The van der Waals surface area contributed by atoms with Crippen LogP contribution in [0.25, 0.3) is 0 Å². The number of aliphatic hydroxyl groups is 2. The molecular formula is C18H34O2. The Balaban J connectivity index is 1.77. The molecule has 0 spiro atoms. The third-order valence-electron chi connectivity index (χ3n) is 5.81. The van der Waals surface area contributed by atoms with Crippen LogP contribution in [-0.2, 0) is 0 Å². The zero-order chi connectivity index (χ0) is 14.2. The van der Waals surface area contributed by atoms with Gasteiger partial charge in [-0.2, -0.15) is 0 Å². The smallest absolute Gasteiger partial charge is 0.0572 e. The molecule has 2 nitrogen and oxygen atoms in total. The van der Waals surface area contributed by atoms with Crippen LogP contribution in [0.4, 0.5) is 0 Å². The van der Waals surface area contributed by atoms with Gasteiger partial charge in [0.15, 0.2) is 0 Å². The maximum absolute atomic E-state index is 10.6. The maximum Gasteiger partial charge on any atom is 0.0572 e. The summed E-state index contributed by atoms with van der Waals surface area (Å²) in [5, 5.41) is 19.9. The van der Waals surface area contributed by atoms with Crippen LogP contribution in [-0.4, -0.2) is 22.9 Å². The third-order valence-corrected chi connectivity index (χ3v) is 5.81. The predicted octanol–water partition coefficient (Wildman–Crippen LogP) is 4.29. The monoisotopic (exact) mass is 282 g/mol. The number of hydrogen-bond donors (Lipinski definition) is 2.